The zero-order chi connectivity index (χ0) is 7.31. The second-order valence-electron chi connectivity index (χ2n) is 4.72. The van der Waals surface area contributed by atoms with Crippen LogP contribution in [-0.2, 0) is 0 Å². The van der Waals surface area contributed by atoms with Gasteiger partial charge in [-0.15, -0.1) is 0 Å². The topological polar surface area (TPSA) is 0 Å². The van der Waals surface area contributed by atoms with Crippen molar-refractivity contribution in [3.8, 4) is 0 Å². The van der Waals surface area contributed by atoms with Crippen LogP contribution in [0.1, 0.15) is 38.5 Å². The van der Waals surface area contributed by atoms with Crippen molar-refractivity contribution in [1.29, 1.82) is 0 Å². The van der Waals surface area contributed by atoms with Gasteiger partial charge in [0.05, 0.1) is 25.2 Å². The fraction of sp³-hybridized carbons (Fsp3) is 1.00. The molecule has 0 saturated carbocycles. The summed E-state index contributed by atoms with van der Waals surface area (Å²) in [7, 11) is 0. The molecule has 0 N–H and O–H groups in total. The largest absolute Gasteiger partial charge is 0.318 e. The fourth-order valence-corrected chi connectivity index (χ4v) is 3.83. The van der Waals surface area contributed by atoms with E-state index in [1.165, 1.54) is 25.9 Å². The van der Waals surface area contributed by atoms with Gasteiger partial charge in [-0.3, -0.25) is 0 Å². The lowest BCUT2D eigenvalue weighted by Crippen LogP contribution is -2.66. The van der Waals surface area contributed by atoms with Crippen molar-refractivity contribution in [1.82, 2.24) is 0 Å². The molecule has 3 aliphatic rings. The maximum atomic E-state index is 1.58. The standard InChI is InChI=1S/C10H18N/c1-2-7-11-8-6-10(11)5-4-9(11)3-1/h9-10H,1-8H2/q+1. The summed E-state index contributed by atoms with van der Waals surface area (Å²) in [6.07, 6.45) is 9.27. The first kappa shape index (κ1) is 6.47. The van der Waals surface area contributed by atoms with Crippen molar-refractivity contribution in [2.45, 2.75) is 50.6 Å². The molecule has 1 nitrogen and oxygen atoms in total. The van der Waals surface area contributed by atoms with Gasteiger partial charge in [-0.05, 0) is 19.3 Å². The zero-order valence-electron chi connectivity index (χ0n) is 7.26. The van der Waals surface area contributed by atoms with E-state index in [2.05, 4.69) is 0 Å². The van der Waals surface area contributed by atoms with Crippen molar-refractivity contribution in [2.75, 3.05) is 13.1 Å². The number of hydrogen-bond donors (Lipinski definition) is 0. The molecule has 3 atom stereocenters. The molecule has 3 aliphatic heterocycles. The first-order valence-corrected chi connectivity index (χ1v) is 5.28. The molecule has 62 valence electrons. The molecule has 0 aromatic carbocycles. The molecule has 3 rings (SSSR count). The van der Waals surface area contributed by atoms with E-state index in [9.17, 15) is 0 Å². The number of rotatable bonds is 0. The Labute approximate surface area is 69.0 Å². The lowest BCUT2D eigenvalue weighted by atomic mass is 9.93. The Kier molecular flexibility index (Phi) is 1.18. The van der Waals surface area contributed by atoms with Crippen LogP contribution in [0.4, 0.5) is 0 Å². The normalized spacial score (nSPS) is 54.5. The van der Waals surface area contributed by atoms with Gasteiger partial charge in [0.15, 0.2) is 0 Å². The van der Waals surface area contributed by atoms with Crippen LogP contribution in [-0.4, -0.2) is 29.7 Å². The molecule has 1 spiro atoms. The quantitative estimate of drug-likeness (QED) is 0.465. The summed E-state index contributed by atoms with van der Waals surface area (Å²) in [5.41, 5.74) is 0. The zero-order valence-corrected chi connectivity index (χ0v) is 7.26. The van der Waals surface area contributed by atoms with Crippen LogP contribution in [0.2, 0.25) is 0 Å². The van der Waals surface area contributed by atoms with Gasteiger partial charge in [0.1, 0.15) is 0 Å². The Bertz CT molecular complexity index is 176. The van der Waals surface area contributed by atoms with Crippen LogP contribution in [0.15, 0.2) is 0 Å². The summed E-state index contributed by atoms with van der Waals surface area (Å²) in [5.74, 6) is 0. The summed E-state index contributed by atoms with van der Waals surface area (Å²) in [5, 5.41) is 0. The van der Waals surface area contributed by atoms with Crippen molar-refractivity contribution in [3.63, 3.8) is 0 Å². The second-order valence-corrected chi connectivity index (χ2v) is 4.72. The minimum atomic E-state index is 1.11. The van der Waals surface area contributed by atoms with E-state index in [1.807, 2.05) is 0 Å². The fourth-order valence-electron chi connectivity index (χ4n) is 3.83. The van der Waals surface area contributed by atoms with E-state index in [-0.39, 0.29) is 0 Å². The monoisotopic (exact) mass is 152 g/mol. The average molecular weight is 152 g/mol. The Morgan fingerprint density at radius 3 is 2.18 bits per heavy atom. The summed E-state index contributed by atoms with van der Waals surface area (Å²) in [4.78, 5) is 0. The molecule has 0 aliphatic carbocycles. The highest BCUT2D eigenvalue weighted by molar-refractivity contribution is 4.85. The van der Waals surface area contributed by atoms with Crippen molar-refractivity contribution in [3.05, 3.63) is 0 Å². The van der Waals surface area contributed by atoms with Crippen LogP contribution >= 0.6 is 0 Å². The van der Waals surface area contributed by atoms with E-state index in [1.54, 1.807) is 30.2 Å². The Hall–Kier alpha value is -0.0400. The van der Waals surface area contributed by atoms with Crippen LogP contribution in [0.25, 0.3) is 0 Å². The predicted octanol–water partition coefficient (Wildman–Crippen LogP) is 1.92. The number of quaternary nitrogens is 1. The van der Waals surface area contributed by atoms with Gasteiger partial charge in [0.25, 0.3) is 0 Å². The molecule has 3 unspecified atom stereocenters. The van der Waals surface area contributed by atoms with E-state index >= 15 is 0 Å². The smallest absolute Gasteiger partial charge is 0.0949 e. The molecule has 11 heavy (non-hydrogen) atoms. The maximum Gasteiger partial charge on any atom is 0.0949 e. The number of nitrogens with zero attached hydrogens (tertiary/aromatic N) is 1. The van der Waals surface area contributed by atoms with Crippen LogP contribution in [0.3, 0.4) is 0 Å². The molecular formula is C10H18N+. The summed E-state index contributed by atoms with van der Waals surface area (Å²) >= 11 is 0. The first-order chi connectivity index (χ1) is 5.42. The molecule has 0 aromatic heterocycles. The molecule has 3 fully saturated rings. The molecule has 0 radical (unpaired) electrons. The number of piperidine rings is 1. The highest BCUT2D eigenvalue weighted by atomic mass is 15.5. The van der Waals surface area contributed by atoms with Crippen molar-refractivity contribution >= 4 is 0 Å². The Balaban J connectivity index is 1.89. The Morgan fingerprint density at radius 2 is 1.55 bits per heavy atom. The van der Waals surface area contributed by atoms with Crippen LogP contribution < -0.4 is 0 Å². The highest BCUT2D eigenvalue weighted by Gasteiger charge is 2.56. The van der Waals surface area contributed by atoms with Gasteiger partial charge in [-0.25, -0.2) is 0 Å². The summed E-state index contributed by atoms with van der Waals surface area (Å²) in [6, 6.07) is 2.24. The van der Waals surface area contributed by atoms with Gasteiger partial charge in [0, 0.05) is 19.3 Å². The second kappa shape index (κ2) is 2.01. The Morgan fingerprint density at radius 1 is 0.727 bits per heavy atom. The molecule has 3 heterocycles. The van der Waals surface area contributed by atoms with Gasteiger partial charge < -0.3 is 4.48 Å². The molecular weight excluding hydrogens is 134 g/mol. The summed E-state index contributed by atoms with van der Waals surface area (Å²) < 4.78 is 1.58. The third-order valence-electron chi connectivity index (χ3n) is 4.53. The van der Waals surface area contributed by atoms with E-state index in [4.69, 9.17) is 0 Å². The predicted molar refractivity (Wildman–Crippen MR) is 45.3 cm³/mol. The van der Waals surface area contributed by atoms with E-state index in [0.717, 1.165) is 12.1 Å². The maximum absolute atomic E-state index is 1.58. The van der Waals surface area contributed by atoms with E-state index < -0.39 is 0 Å². The lowest BCUT2D eigenvalue weighted by Gasteiger charge is -2.54. The van der Waals surface area contributed by atoms with Gasteiger partial charge in [0.2, 0.25) is 0 Å². The molecule has 1 heteroatoms. The molecule has 0 amide bonds. The van der Waals surface area contributed by atoms with Crippen LogP contribution in [0.5, 0.6) is 0 Å². The lowest BCUT2D eigenvalue weighted by molar-refractivity contribution is -1.00. The van der Waals surface area contributed by atoms with Crippen molar-refractivity contribution < 1.29 is 4.48 Å². The van der Waals surface area contributed by atoms with Gasteiger partial charge in [-0.1, -0.05) is 0 Å². The third-order valence-corrected chi connectivity index (χ3v) is 4.53. The highest BCUT2D eigenvalue weighted by Crippen LogP contribution is 2.46. The molecule has 0 bridgehead atoms. The van der Waals surface area contributed by atoms with Crippen LogP contribution in [0, 0.1) is 0 Å². The minimum absolute atomic E-state index is 1.11. The summed E-state index contributed by atoms with van der Waals surface area (Å²) in [6.45, 7) is 3.07. The third kappa shape index (κ3) is 0.658. The first-order valence-electron chi connectivity index (χ1n) is 5.28. The van der Waals surface area contributed by atoms with Crippen molar-refractivity contribution in [2.24, 2.45) is 0 Å². The van der Waals surface area contributed by atoms with Gasteiger partial charge in [-0.2, -0.15) is 0 Å². The molecule has 3 saturated heterocycles. The van der Waals surface area contributed by atoms with Gasteiger partial charge >= 0.3 is 0 Å². The SMILES string of the molecule is C1CC[N+]23CCC2CCC3C1. The molecule has 0 aromatic rings. The number of hydrogen-bond acceptors (Lipinski definition) is 0. The minimum Gasteiger partial charge on any atom is -0.318 e. The average Bonchev–Trinajstić information content (AvgIpc) is 2.26. The van der Waals surface area contributed by atoms with E-state index in [0.29, 0.717) is 0 Å².